The number of aryl methyl sites for hydroxylation is 1. The Kier molecular flexibility index (Phi) is 8.16. The molecular formula is C32H40N2O7. The topological polar surface area (TPSA) is 148 Å². The number of rotatable bonds is 9. The predicted octanol–water partition coefficient (Wildman–Crippen LogP) is 5.17. The van der Waals surface area contributed by atoms with E-state index >= 15 is 0 Å². The van der Waals surface area contributed by atoms with E-state index in [2.05, 4.69) is 18.3 Å². The molecule has 0 aliphatic heterocycles. The van der Waals surface area contributed by atoms with Crippen LogP contribution in [0, 0.1) is 17.3 Å². The maximum Gasteiger partial charge on any atom is 0.306 e. The molecule has 2 aromatic rings. The summed E-state index contributed by atoms with van der Waals surface area (Å²) in [5.41, 5.74) is 7.85. The van der Waals surface area contributed by atoms with Crippen LogP contribution in [0.2, 0.25) is 0 Å². The number of esters is 1. The highest BCUT2D eigenvalue weighted by molar-refractivity contribution is 6.02. The Labute approximate surface area is 240 Å². The van der Waals surface area contributed by atoms with Crippen LogP contribution in [0.4, 0.5) is 5.69 Å². The van der Waals surface area contributed by atoms with Gasteiger partial charge in [-0.15, -0.1) is 0 Å². The molecule has 0 saturated heterocycles. The molecular weight excluding hydrogens is 524 g/mol. The molecule has 9 heteroatoms. The second-order valence-corrected chi connectivity index (χ2v) is 12.1. The average Bonchev–Trinajstić information content (AvgIpc) is 3.27. The lowest BCUT2D eigenvalue weighted by Gasteiger charge is -2.50. The number of ether oxygens (including phenoxy) is 2. The Morgan fingerprint density at radius 1 is 1.05 bits per heavy atom. The van der Waals surface area contributed by atoms with Gasteiger partial charge in [0.05, 0.1) is 12.8 Å². The van der Waals surface area contributed by atoms with Crippen LogP contribution in [-0.2, 0) is 20.7 Å². The molecule has 220 valence electrons. The van der Waals surface area contributed by atoms with E-state index < -0.39 is 11.7 Å². The van der Waals surface area contributed by atoms with E-state index in [9.17, 15) is 24.6 Å². The first-order valence-corrected chi connectivity index (χ1v) is 14.6. The Hall–Kier alpha value is -3.75. The highest BCUT2D eigenvalue weighted by Crippen LogP contribution is 2.61. The number of nitrogens with one attached hydrogen (secondary N) is 1. The molecule has 5 rings (SSSR count). The predicted molar refractivity (Wildman–Crippen MR) is 153 cm³/mol. The van der Waals surface area contributed by atoms with Crippen molar-refractivity contribution in [1.82, 2.24) is 0 Å². The van der Waals surface area contributed by atoms with Crippen LogP contribution in [0.5, 0.6) is 17.2 Å². The maximum absolute atomic E-state index is 12.8. The molecule has 5 N–H and O–H groups in total. The van der Waals surface area contributed by atoms with Gasteiger partial charge >= 0.3 is 5.97 Å². The Morgan fingerprint density at radius 3 is 2.59 bits per heavy atom. The summed E-state index contributed by atoms with van der Waals surface area (Å²) in [4.78, 5) is 36.9. The van der Waals surface area contributed by atoms with E-state index in [-0.39, 0.29) is 53.2 Å². The molecule has 2 amide bonds. The highest BCUT2D eigenvalue weighted by atomic mass is 16.5. The van der Waals surface area contributed by atoms with Gasteiger partial charge in [0.1, 0.15) is 23.2 Å². The Balaban J connectivity index is 1.09. The number of carbonyl (C=O) groups is 3. The number of benzene rings is 2. The Bertz CT molecular complexity index is 1340. The van der Waals surface area contributed by atoms with E-state index in [1.807, 2.05) is 6.07 Å². The molecule has 5 unspecified atom stereocenters. The number of methoxy groups -OCH3 is 1. The Morgan fingerprint density at radius 2 is 1.83 bits per heavy atom. The van der Waals surface area contributed by atoms with Crippen molar-refractivity contribution >= 4 is 23.5 Å². The average molecular weight is 565 g/mol. The number of primary amides is 1. The molecule has 0 aromatic heterocycles. The van der Waals surface area contributed by atoms with Crippen LogP contribution in [0.15, 0.2) is 30.3 Å². The largest absolute Gasteiger partial charge is 0.508 e. The van der Waals surface area contributed by atoms with Crippen molar-refractivity contribution in [1.29, 1.82) is 0 Å². The lowest BCUT2D eigenvalue weighted by atomic mass is 9.55. The van der Waals surface area contributed by atoms with Crippen LogP contribution in [0.3, 0.4) is 0 Å². The van der Waals surface area contributed by atoms with Crippen LogP contribution in [0.25, 0.3) is 0 Å². The minimum absolute atomic E-state index is 0.0186. The van der Waals surface area contributed by atoms with Crippen molar-refractivity contribution in [2.45, 2.75) is 83.2 Å². The number of aromatic hydroxyl groups is 2. The number of phenolic OH excluding ortho intramolecular Hbond substituents is 1. The molecule has 0 spiro atoms. The van der Waals surface area contributed by atoms with E-state index in [0.29, 0.717) is 36.3 Å². The lowest BCUT2D eigenvalue weighted by Crippen LogP contribution is -2.45. The molecule has 9 nitrogen and oxygen atoms in total. The van der Waals surface area contributed by atoms with Gasteiger partial charge in [-0.2, -0.15) is 0 Å². The molecule has 0 bridgehead atoms. The first-order valence-electron chi connectivity index (χ1n) is 14.6. The van der Waals surface area contributed by atoms with E-state index in [1.165, 1.54) is 30.4 Å². The van der Waals surface area contributed by atoms with Crippen LogP contribution >= 0.6 is 0 Å². The summed E-state index contributed by atoms with van der Waals surface area (Å²) in [6, 6.07) is 8.72. The summed E-state index contributed by atoms with van der Waals surface area (Å²) in [6.07, 6.45) is 7.45. The fraction of sp³-hybridized carbons (Fsp3) is 0.531. The minimum atomic E-state index is -0.866. The number of fused-ring (bicyclic) bond motifs is 5. The molecule has 2 fully saturated rings. The van der Waals surface area contributed by atoms with Crippen LogP contribution < -0.4 is 15.8 Å². The van der Waals surface area contributed by atoms with E-state index in [4.69, 9.17) is 15.2 Å². The van der Waals surface area contributed by atoms with Crippen molar-refractivity contribution in [2.75, 3.05) is 12.4 Å². The van der Waals surface area contributed by atoms with Crippen molar-refractivity contribution < 1.29 is 34.1 Å². The summed E-state index contributed by atoms with van der Waals surface area (Å²) in [5, 5.41) is 22.9. The van der Waals surface area contributed by atoms with Gasteiger partial charge in [0, 0.05) is 18.3 Å². The maximum atomic E-state index is 12.8. The van der Waals surface area contributed by atoms with Gasteiger partial charge in [-0.3, -0.25) is 14.4 Å². The van der Waals surface area contributed by atoms with Crippen molar-refractivity contribution in [3.05, 3.63) is 47.0 Å². The third-order valence-electron chi connectivity index (χ3n) is 9.81. The summed E-state index contributed by atoms with van der Waals surface area (Å²) in [5.74, 6) is 0.201. The van der Waals surface area contributed by atoms with Gasteiger partial charge in [0.2, 0.25) is 5.91 Å². The SMILES string of the molecule is COc1ccc(NC(=O)CCCCC(=O)OC2CCC3C4CCc5cc(O)ccc5C4CCC23C)c(O)c1C(N)=O. The van der Waals surface area contributed by atoms with Crippen LogP contribution in [0.1, 0.15) is 92.1 Å². The van der Waals surface area contributed by atoms with E-state index in [0.717, 1.165) is 38.5 Å². The van der Waals surface area contributed by atoms with Gasteiger partial charge < -0.3 is 30.7 Å². The third kappa shape index (κ3) is 5.59. The van der Waals surface area contributed by atoms with Gasteiger partial charge in [0.25, 0.3) is 5.91 Å². The molecule has 5 atom stereocenters. The molecule has 2 aromatic carbocycles. The van der Waals surface area contributed by atoms with Gasteiger partial charge in [-0.05, 0) is 105 Å². The van der Waals surface area contributed by atoms with Gasteiger partial charge in [-0.1, -0.05) is 13.0 Å². The number of nitrogens with two attached hydrogens (primary N) is 1. The first-order chi connectivity index (χ1) is 19.6. The zero-order valence-electron chi connectivity index (χ0n) is 23.8. The molecule has 0 radical (unpaired) electrons. The number of unbranched alkanes of at least 4 members (excludes halogenated alkanes) is 1. The zero-order valence-corrected chi connectivity index (χ0v) is 23.8. The highest BCUT2D eigenvalue weighted by Gasteiger charge is 2.56. The minimum Gasteiger partial charge on any atom is -0.508 e. The van der Waals surface area contributed by atoms with Gasteiger partial charge in [0.15, 0.2) is 5.75 Å². The van der Waals surface area contributed by atoms with Crippen LogP contribution in [-0.4, -0.2) is 41.2 Å². The number of phenols is 2. The van der Waals surface area contributed by atoms with Gasteiger partial charge in [-0.25, -0.2) is 0 Å². The van der Waals surface area contributed by atoms with Crippen molar-refractivity contribution in [3.8, 4) is 17.2 Å². The third-order valence-corrected chi connectivity index (χ3v) is 9.81. The molecule has 0 heterocycles. The second-order valence-electron chi connectivity index (χ2n) is 12.1. The number of hydrogen-bond donors (Lipinski definition) is 4. The summed E-state index contributed by atoms with van der Waals surface area (Å²) < 4.78 is 11.1. The molecule has 41 heavy (non-hydrogen) atoms. The lowest BCUT2D eigenvalue weighted by molar-refractivity contribution is -0.157. The molecule has 3 aliphatic carbocycles. The zero-order chi connectivity index (χ0) is 29.3. The number of anilines is 1. The molecule has 3 aliphatic rings. The fourth-order valence-electron chi connectivity index (χ4n) is 7.78. The summed E-state index contributed by atoms with van der Waals surface area (Å²) >= 11 is 0. The number of amides is 2. The summed E-state index contributed by atoms with van der Waals surface area (Å²) in [6.45, 7) is 2.30. The second kappa shape index (κ2) is 11.6. The van der Waals surface area contributed by atoms with E-state index in [1.54, 1.807) is 6.07 Å². The quantitative estimate of drug-likeness (QED) is 0.186. The normalized spacial score (nSPS) is 26.3. The monoisotopic (exact) mass is 564 g/mol. The van der Waals surface area contributed by atoms with Crippen molar-refractivity contribution in [3.63, 3.8) is 0 Å². The summed E-state index contributed by atoms with van der Waals surface area (Å²) in [7, 11) is 1.35. The standard InChI is InChI=1S/C32H40N2O7/c1-32-16-15-21-20-10-8-19(35)17-18(20)7-9-22(21)23(32)11-14-26(32)41-28(37)6-4-3-5-27(36)34-24-12-13-25(40-2)29(30(24)38)31(33)39/h8,10,12-13,17,21-23,26,35,38H,3-7,9,11,14-16H2,1-2H3,(H2,33,39)(H,34,36). The fourth-order valence-corrected chi connectivity index (χ4v) is 7.78. The number of carbonyl (C=O) groups excluding carboxylic acids is 3. The van der Waals surface area contributed by atoms with Crippen molar-refractivity contribution in [2.24, 2.45) is 23.0 Å². The first kappa shape index (κ1) is 28.8. The number of hydrogen-bond acceptors (Lipinski definition) is 7. The molecule has 2 saturated carbocycles. The smallest absolute Gasteiger partial charge is 0.306 e.